The van der Waals surface area contributed by atoms with E-state index in [2.05, 4.69) is 4.98 Å². The lowest BCUT2D eigenvalue weighted by molar-refractivity contribution is 0.103. The molecule has 1 atom stereocenters. The van der Waals surface area contributed by atoms with Gasteiger partial charge in [0.25, 0.3) is 0 Å². The second-order valence-corrected chi connectivity index (χ2v) is 5.28. The zero-order valence-corrected chi connectivity index (χ0v) is 12.0. The van der Waals surface area contributed by atoms with E-state index in [0.29, 0.717) is 17.0 Å². The van der Waals surface area contributed by atoms with E-state index in [1.165, 1.54) is 11.3 Å². The average Bonchev–Trinajstić information content (AvgIpc) is 2.87. The van der Waals surface area contributed by atoms with Gasteiger partial charge in [-0.05, 0) is 26.0 Å². The van der Waals surface area contributed by atoms with Crippen molar-refractivity contribution in [3.63, 3.8) is 0 Å². The first-order chi connectivity index (χ1) is 9.02. The van der Waals surface area contributed by atoms with Crippen molar-refractivity contribution in [1.82, 2.24) is 4.98 Å². The van der Waals surface area contributed by atoms with Gasteiger partial charge in [-0.3, -0.25) is 4.79 Å². The number of aromatic nitrogens is 1. The van der Waals surface area contributed by atoms with Gasteiger partial charge in [0, 0.05) is 5.38 Å². The summed E-state index contributed by atoms with van der Waals surface area (Å²) in [6.45, 7) is 3.78. The number of thiazole rings is 1. The number of ether oxygens (including phenoxy) is 1. The van der Waals surface area contributed by atoms with Crippen molar-refractivity contribution >= 4 is 17.1 Å². The third kappa shape index (κ3) is 2.83. The van der Waals surface area contributed by atoms with Crippen LogP contribution in [0.5, 0.6) is 5.75 Å². The third-order valence-corrected chi connectivity index (χ3v) is 3.79. The number of nitrogens with two attached hydrogens (primary N) is 1. The summed E-state index contributed by atoms with van der Waals surface area (Å²) in [4.78, 5) is 16.7. The molecule has 0 aliphatic heterocycles. The molecule has 0 spiro atoms. The van der Waals surface area contributed by atoms with E-state index in [9.17, 15) is 4.79 Å². The molecule has 0 radical (unpaired) electrons. The predicted molar refractivity (Wildman–Crippen MR) is 75.9 cm³/mol. The molecular weight excluding hydrogens is 260 g/mol. The van der Waals surface area contributed by atoms with Gasteiger partial charge in [0.05, 0.1) is 18.7 Å². The van der Waals surface area contributed by atoms with Gasteiger partial charge < -0.3 is 10.5 Å². The van der Waals surface area contributed by atoms with Crippen molar-refractivity contribution in [2.45, 2.75) is 19.9 Å². The Kier molecular flexibility index (Phi) is 3.97. The molecule has 4 nitrogen and oxygen atoms in total. The minimum absolute atomic E-state index is 0.135. The normalized spacial score (nSPS) is 12.2. The fraction of sp³-hybridized carbons (Fsp3) is 0.286. The van der Waals surface area contributed by atoms with E-state index in [1.807, 2.05) is 26.0 Å². The number of ketones is 1. The number of benzene rings is 1. The SMILES string of the molecule is COc1ccc(C)cc1C(=O)c1csc(C(C)N)n1. The lowest BCUT2D eigenvalue weighted by Crippen LogP contribution is -2.08. The van der Waals surface area contributed by atoms with Gasteiger partial charge in [0.15, 0.2) is 0 Å². The molecule has 0 amide bonds. The van der Waals surface area contributed by atoms with E-state index in [1.54, 1.807) is 18.6 Å². The van der Waals surface area contributed by atoms with Gasteiger partial charge in [0.2, 0.25) is 5.78 Å². The molecule has 2 aromatic rings. The quantitative estimate of drug-likeness (QED) is 0.872. The van der Waals surface area contributed by atoms with Crippen molar-refractivity contribution in [3.05, 3.63) is 45.4 Å². The van der Waals surface area contributed by atoms with Crippen molar-refractivity contribution in [3.8, 4) is 5.75 Å². The van der Waals surface area contributed by atoms with Crippen LogP contribution in [0.15, 0.2) is 23.6 Å². The molecule has 1 aromatic carbocycles. The molecule has 0 aliphatic rings. The highest BCUT2D eigenvalue weighted by Gasteiger charge is 2.18. The Morgan fingerprint density at radius 3 is 2.79 bits per heavy atom. The summed E-state index contributed by atoms with van der Waals surface area (Å²) in [5.41, 5.74) is 7.71. The fourth-order valence-corrected chi connectivity index (χ4v) is 2.50. The first kappa shape index (κ1) is 13.7. The molecule has 5 heteroatoms. The Labute approximate surface area is 116 Å². The Balaban J connectivity index is 2.40. The summed E-state index contributed by atoms with van der Waals surface area (Å²) in [5, 5.41) is 2.50. The number of hydrogen-bond acceptors (Lipinski definition) is 5. The van der Waals surface area contributed by atoms with Gasteiger partial charge in [-0.25, -0.2) is 4.98 Å². The van der Waals surface area contributed by atoms with E-state index in [4.69, 9.17) is 10.5 Å². The number of methoxy groups -OCH3 is 1. The van der Waals surface area contributed by atoms with Crippen LogP contribution in [0.25, 0.3) is 0 Å². The highest BCUT2D eigenvalue weighted by atomic mass is 32.1. The highest BCUT2D eigenvalue weighted by molar-refractivity contribution is 7.09. The van der Waals surface area contributed by atoms with Crippen LogP contribution in [0.3, 0.4) is 0 Å². The van der Waals surface area contributed by atoms with Gasteiger partial charge in [-0.1, -0.05) is 11.6 Å². The van der Waals surface area contributed by atoms with Gasteiger partial charge >= 0.3 is 0 Å². The van der Waals surface area contributed by atoms with E-state index < -0.39 is 0 Å². The summed E-state index contributed by atoms with van der Waals surface area (Å²) >= 11 is 1.40. The van der Waals surface area contributed by atoms with Crippen molar-refractivity contribution in [2.24, 2.45) is 5.73 Å². The molecule has 100 valence electrons. The second-order valence-electron chi connectivity index (χ2n) is 4.39. The molecule has 1 aromatic heterocycles. The Bertz CT molecular complexity index is 605. The molecule has 0 aliphatic carbocycles. The molecule has 19 heavy (non-hydrogen) atoms. The van der Waals surface area contributed by atoms with Crippen LogP contribution >= 0.6 is 11.3 Å². The minimum Gasteiger partial charge on any atom is -0.496 e. The van der Waals surface area contributed by atoms with Crippen LogP contribution < -0.4 is 10.5 Å². The van der Waals surface area contributed by atoms with Gasteiger partial charge in [0.1, 0.15) is 16.5 Å². The smallest absolute Gasteiger partial charge is 0.215 e. The molecular formula is C14H16N2O2S. The number of nitrogens with zero attached hydrogens (tertiary/aromatic N) is 1. The zero-order valence-electron chi connectivity index (χ0n) is 11.1. The van der Waals surface area contributed by atoms with Crippen LogP contribution in [0.4, 0.5) is 0 Å². The summed E-state index contributed by atoms with van der Waals surface area (Å²) in [6.07, 6.45) is 0. The molecule has 0 saturated heterocycles. The van der Waals surface area contributed by atoms with E-state index >= 15 is 0 Å². The highest BCUT2D eigenvalue weighted by Crippen LogP contribution is 2.24. The number of carbonyl (C=O) groups excluding carboxylic acids is 1. The molecule has 0 fully saturated rings. The standard InChI is InChI=1S/C14H16N2O2S/c1-8-4-5-12(18-3)10(6-8)13(17)11-7-19-14(16-11)9(2)15/h4-7,9H,15H2,1-3H3. The Hall–Kier alpha value is -1.72. The molecule has 0 bridgehead atoms. The second kappa shape index (κ2) is 5.50. The van der Waals surface area contributed by atoms with E-state index in [0.717, 1.165) is 10.6 Å². The van der Waals surface area contributed by atoms with Crippen LogP contribution in [0, 0.1) is 6.92 Å². The van der Waals surface area contributed by atoms with Crippen molar-refractivity contribution < 1.29 is 9.53 Å². The Morgan fingerprint density at radius 1 is 1.47 bits per heavy atom. The maximum Gasteiger partial charge on any atom is 0.215 e. The summed E-state index contributed by atoms with van der Waals surface area (Å²) in [6, 6.07) is 5.35. The predicted octanol–water partition coefficient (Wildman–Crippen LogP) is 2.71. The van der Waals surface area contributed by atoms with Crippen LogP contribution in [0.2, 0.25) is 0 Å². The van der Waals surface area contributed by atoms with Crippen molar-refractivity contribution in [2.75, 3.05) is 7.11 Å². The van der Waals surface area contributed by atoms with Crippen molar-refractivity contribution in [1.29, 1.82) is 0 Å². The lowest BCUT2D eigenvalue weighted by atomic mass is 10.0. The molecule has 2 rings (SSSR count). The first-order valence-electron chi connectivity index (χ1n) is 5.93. The molecule has 0 saturated carbocycles. The summed E-state index contributed by atoms with van der Waals surface area (Å²) in [5.74, 6) is 0.426. The summed E-state index contributed by atoms with van der Waals surface area (Å²) < 4.78 is 5.23. The zero-order chi connectivity index (χ0) is 14.0. The number of hydrogen-bond donors (Lipinski definition) is 1. The summed E-state index contributed by atoms with van der Waals surface area (Å²) in [7, 11) is 1.55. The third-order valence-electron chi connectivity index (χ3n) is 2.74. The van der Waals surface area contributed by atoms with Crippen LogP contribution in [0.1, 0.15) is 39.6 Å². The average molecular weight is 276 g/mol. The lowest BCUT2D eigenvalue weighted by Gasteiger charge is -2.07. The number of aryl methyl sites for hydroxylation is 1. The van der Waals surface area contributed by atoms with E-state index in [-0.39, 0.29) is 11.8 Å². The first-order valence-corrected chi connectivity index (χ1v) is 6.81. The topological polar surface area (TPSA) is 65.2 Å². The maximum absolute atomic E-state index is 12.4. The number of rotatable bonds is 4. The number of carbonyl (C=O) groups is 1. The molecule has 2 N–H and O–H groups in total. The Morgan fingerprint density at radius 2 is 2.21 bits per heavy atom. The fourth-order valence-electron chi connectivity index (χ4n) is 1.74. The van der Waals surface area contributed by atoms with Gasteiger partial charge in [-0.2, -0.15) is 0 Å². The van der Waals surface area contributed by atoms with Gasteiger partial charge in [-0.15, -0.1) is 11.3 Å². The maximum atomic E-state index is 12.4. The monoisotopic (exact) mass is 276 g/mol. The molecule has 1 unspecified atom stereocenters. The molecule has 1 heterocycles. The minimum atomic E-state index is -0.161. The van der Waals surface area contributed by atoms with Crippen LogP contribution in [-0.2, 0) is 0 Å². The van der Waals surface area contributed by atoms with Crippen LogP contribution in [-0.4, -0.2) is 17.9 Å². The largest absolute Gasteiger partial charge is 0.496 e.